The van der Waals surface area contributed by atoms with Crippen LogP contribution in [0.15, 0.2) is 54.9 Å². The molecule has 1 aliphatic rings. The number of hydrogen-bond acceptors (Lipinski definition) is 6. The molecule has 1 fully saturated rings. The lowest BCUT2D eigenvalue weighted by atomic mass is 9.78. The molecule has 1 aromatic heterocycles. The highest BCUT2D eigenvalue weighted by Gasteiger charge is 2.33. The summed E-state index contributed by atoms with van der Waals surface area (Å²) in [6, 6.07) is 15.9. The van der Waals surface area contributed by atoms with Crippen LogP contribution >= 0.6 is 11.6 Å². The van der Waals surface area contributed by atoms with Crippen molar-refractivity contribution in [3.63, 3.8) is 0 Å². The molecule has 0 radical (unpaired) electrons. The Morgan fingerprint density at radius 3 is 2.10 bits per heavy atom. The molecule has 9 heteroatoms. The van der Waals surface area contributed by atoms with Gasteiger partial charge in [0, 0.05) is 24.3 Å². The van der Waals surface area contributed by atoms with E-state index in [1.165, 1.54) is 6.33 Å². The van der Waals surface area contributed by atoms with Gasteiger partial charge in [0.05, 0.1) is 0 Å². The minimum Gasteiger partial charge on any atom is -0.490 e. The van der Waals surface area contributed by atoms with Gasteiger partial charge in [-0.25, -0.2) is 19.2 Å². The molecule has 1 saturated carbocycles. The fraction of sp³-hybridized carbons (Fsp3) is 0.433. The van der Waals surface area contributed by atoms with Gasteiger partial charge in [0.25, 0.3) is 0 Å². The minimum atomic E-state index is -0.675. The molecule has 3 aromatic rings. The van der Waals surface area contributed by atoms with Gasteiger partial charge < -0.3 is 19.5 Å². The summed E-state index contributed by atoms with van der Waals surface area (Å²) in [7, 11) is 0. The van der Waals surface area contributed by atoms with Crippen molar-refractivity contribution in [2.24, 2.45) is 0 Å². The second-order valence-electron chi connectivity index (χ2n) is 11.4. The van der Waals surface area contributed by atoms with Crippen molar-refractivity contribution in [2.75, 3.05) is 0 Å². The number of aromatic nitrogens is 2. The average molecular weight is 556 g/mol. The molecule has 4 rings (SSSR count). The lowest BCUT2D eigenvalue weighted by Gasteiger charge is -2.36. The zero-order valence-corrected chi connectivity index (χ0v) is 23.9. The summed E-state index contributed by atoms with van der Waals surface area (Å²) in [5.74, 6) is 0.719. The largest absolute Gasteiger partial charge is 0.490 e. The fourth-order valence-electron chi connectivity index (χ4n) is 4.42. The van der Waals surface area contributed by atoms with E-state index in [0.717, 1.165) is 29.7 Å². The highest BCUT2D eigenvalue weighted by Crippen LogP contribution is 2.35. The molecule has 1 atom stereocenters. The second kappa shape index (κ2) is 11.4. The maximum absolute atomic E-state index is 14.2. The number of carbonyl (C=O) groups is 1. The Morgan fingerprint density at radius 2 is 1.54 bits per heavy atom. The lowest BCUT2D eigenvalue weighted by Crippen LogP contribution is -2.50. The molecule has 208 valence electrons. The first-order valence-electron chi connectivity index (χ1n) is 13.0. The van der Waals surface area contributed by atoms with Gasteiger partial charge >= 0.3 is 6.09 Å². The number of nitrogens with one attached hydrogen (secondary N) is 1. The molecular weight excluding hydrogens is 521 g/mol. The quantitative estimate of drug-likeness (QED) is 0.297. The Labute approximate surface area is 234 Å². The standard InChI is InChI=1S/C30H35ClFN3O4/c1-18(26-25(32)27(31)34-17-33-26)37-22-11-7-19(8-12-22)30(5,6)20-9-13-23(14-10-20)38-24-15-21(16-24)35-28(36)39-29(2,3)4/h7-14,17-18,21,24H,15-16H2,1-6H3,(H,35,36). The Hall–Kier alpha value is -3.39. The van der Waals surface area contributed by atoms with E-state index < -0.39 is 23.6 Å². The highest BCUT2D eigenvalue weighted by molar-refractivity contribution is 6.29. The van der Waals surface area contributed by atoms with Crippen LogP contribution in [0.4, 0.5) is 9.18 Å². The van der Waals surface area contributed by atoms with Crippen LogP contribution in [0.1, 0.15) is 77.3 Å². The van der Waals surface area contributed by atoms with E-state index in [1.807, 2.05) is 57.2 Å². The summed E-state index contributed by atoms with van der Waals surface area (Å²) in [4.78, 5) is 19.5. The average Bonchev–Trinajstić information content (AvgIpc) is 2.84. The number of halogens is 2. The molecule has 0 saturated heterocycles. The monoisotopic (exact) mass is 555 g/mol. The molecule has 1 amide bonds. The molecule has 0 bridgehead atoms. The van der Waals surface area contributed by atoms with Crippen molar-refractivity contribution in [3.05, 3.63) is 82.6 Å². The van der Waals surface area contributed by atoms with Crippen molar-refractivity contribution >= 4 is 17.7 Å². The Morgan fingerprint density at radius 1 is 0.974 bits per heavy atom. The normalized spacial score (nSPS) is 18.1. The van der Waals surface area contributed by atoms with Crippen LogP contribution in [-0.2, 0) is 10.2 Å². The van der Waals surface area contributed by atoms with E-state index in [2.05, 4.69) is 41.3 Å². The number of hydrogen-bond donors (Lipinski definition) is 1. The molecule has 0 aliphatic heterocycles. The summed E-state index contributed by atoms with van der Waals surface area (Å²) < 4.78 is 31.5. The number of amides is 1. The Bertz CT molecular complexity index is 1290. The van der Waals surface area contributed by atoms with Gasteiger partial charge in [-0.1, -0.05) is 49.7 Å². The Balaban J connectivity index is 1.31. The highest BCUT2D eigenvalue weighted by atomic mass is 35.5. The van der Waals surface area contributed by atoms with Crippen LogP contribution in [-0.4, -0.2) is 33.8 Å². The zero-order chi connectivity index (χ0) is 28.4. The summed E-state index contributed by atoms with van der Waals surface area (Å²) in [5, 5.41) is 2.66. The first kappa shape index (κ1) is 28.6. The molecule has 1 heterocycles. The predicted molar refractivity (Wildman–Crippen MR) is 148 cm³/mol. The van der Waals surface area contributed by atoms with Crippen molar-refractivity contribution in [3.8, 4) is 11.5 Å². The first-order chi connectivity index (χ1) is 18.3. The van der Waals surface area contributed by atoms with Crippen LogP contribution in [0.5, 0.6) is 11.5 Å². The van der Waals surface area contributed by atoms with Crippen LogP contribution < -0.4 is 14.8 Å². The van der Waals surface area contributed by atoms with Crippen LogP contribution in [0.2, 0.25) is 5.15 Å². The first-order valence-corrected chi connectivity index (χ1v) is 13.4. The number of carbonyl (C=O) groups excluding carboxylic acids is 1. The third-order valence-electron chi connectivity index (χ3n) is 6.74. The lowest BCUT2D eigenvalue weighted by molar-refractivity contribution is 0.0363. The van der Waals surface area contributed by atoms with Crippen LogP contribution in [0.3, 0.4) is 0 Å². The maximum Gasteiger partial charge on any atom is 0.407 e. The third kappa shape index (κ3) is 7.18. The van der Waals surface area contributed by atoms with E-state index in [-0.39, 0.29) is 28.4 Å². The zero-order valence-electron chi connectivity index (χ0n) is 23.1. The maximum atomic E-state index is 14.2. The van der Waals surface area contributed by atoms with E-state index in [0.29, 0.717) is 5.75 Å². The van der Waals surface area contributed by atoms with Crippen LogP contribution in [0, 0.1) is 5.82 Å². The Kier molecular flexibility index (Phi) is 8.35. The number of ether oxygens (including phenoxy) is 3. The molecule has 1 aliphatic carbocycles. The van der Waals surface area contributed by atoms with Gasteiger partial charge in [-0.05, 0) is 63.1 Å². The van der Waals surface area contributed by atoms with Gasteiger partial charge in [-0.2, -0.15) is 0 Å². The predicted octanol–water partition coefficient (Wildman–Crippen LogP) is 7.17. The van der Waals surface area contributed by atoms with E-state index >= 15 is 0 Å². The topological polar surface area (TPSA) is 82.6 Å². The second-order valence-corrected chi connectivity index (χ2v) is 11.7. The van der Waals surface area contributed by atoms with Crippen molar-refractivity contribution < 1.29 is 23.4 Å². The van der Waals surface area contributed by atoms with Gasteiger partial charge in [0.1, 0.15) is 41.3 Å². The molecule has 2 aromatic carbocycles. The SMILES string of the molecule is CC(Oc1ccc(C(C)(C)c2ccc(OC3CC(NC(=O)OC(C)(C)C)C3)cc2)cc1)c1ncnc(Cl)c1F. The van der Waals surface area contributed by atoms with E-state index in [1.54, 1.807) is 6.92 Å². The number of benzene rings is 2. The van der Waals surface area contributed by atoms with Crippen molar-refractivity contribution in [2.45, 2.75) is 83.6 Å². The van der Waals surface area contributed by atoms with Crippen LogP contribution in [0.25, 0.3) is 0 Å². The summed E-state index contributed by atoms with van der Waals surface area (Å²) in [6.45, 7) is 11.6. The van der Waals surface area contributed by atoms with E-state index in [9.17, 15) is 9.18 Å². The number of alkyl carbamates (subject to hydrolysis) is 1. The third-order valence-corrected chi connectivity index (χ3v) is 7.01. The molecule has 1 N–H and O–H groups in total. The number of nitrogens with zero attached hydrogens (tertiary/aromatic N) is 2. The molecular formula is C30H35ClFN3O4. The molecule has 1 unspecified atom stereocenters. The van der Waals surface area contributed by atoms with Gasteiger partial charge in [-0.15, -0.1) is 0 Å². The molecule has 7 nitrogen and oxygen atoms in total. The van der Waals surface area contributed by atoms with Gasteiger partial charge in [-0.3, -0.25) is 0 Å². The van der Waals surface area contributed by atoms with Gasteiger partial charge in [0.2, 0.25) is 0 Å². The van der Waals surface area contributed by atoms with Crippen molar-refractivity contribution in [1.82, 2.24) is 15.3 Å². The van der Waals surface area contributed by atoms with Crippen molar-refractivity contribution in [1.29, 1.82) is 0 Å². The number of rotatable bonds is 8. The summed E-state index contributed by atoms with van der Waals surface area (Å²) in [5.41, 5.74) is 1.56. The smallest absolute Gasteiger partial charge is 0.407 e. The summed E-state index contributed by atoms with van der Waals surface area (Å²) >= 11 is 5.77. The summed E-state index contributed by atoms with van der Waals surface area (Å²) in [6.07, 6.45) is 1.75. The van der Waals surface area contributed by atoms with Gasteiger partial charge in [0.15, 0.2) is 11.0 Å². The van der Waals surface area contributed by atoms with E-state index in [4.69, 9.17) is 25.8 Å². The fourth-order valence-corrected chi connectivity index (χ4v) is 4.56. The minimum absolute atomic E-state index is 0.0607. The molecule has 39 heavy (non-hydrogen) atoms. The molecule has 0 spiro atoms.